The molecule has 3 N–H and O–H groups in total. The molecule has 7 nitrogen and oxygen atoms in total. The molecule has 1 aliphatic rings. The van der Waals surface area contributed by atoms with Gasteiger partial charge in [-0.05, 0) is 5.92 Å². The Bertz CT molecular complexity index is 277. The van der Waals surface area contributed by atoms with E-state index in [2.05, 4.69) is 10.7 Å². The quantitative estimate of drug-likeness (QED) is 0.629. The summed E-state index contributed by atoms with van der Waals surface area (Å²) >= 11 is 0. The Labute approximate surface area is 100 Å². The number of carboxylic acid groups (broad SMARTS) is 1. The van der Waals surface area contributed by atoms with Crippen LogP contribution in [0.1, 0.15) is 13.8 Å². The molecular formula is C10H19N3O4. The minimum atomic E-state index is -1.03. The van der Waals surface area contributed by atoms with Crippen LogP contribution in [0.2, 0.25) is 0 Å². The molecule has 17 heavy (non-hydrogen) atoms. The van der Waals surface area contributed by atoms with E-state index in [0.717, 1.165) is 0 Å². The number of ether oxygens (including phenoxy) is 1. The number of hydrazine groups is 1. The first-order valence-corrected chi connectivity index (χ1v) is 5.63. The number of nitrogens with one attached hydrogen (secondary N) is 2. The molecule has 0 aromatic heterocycles. The fraction of sp³-hybridized carbons (Fsp3) is 0.800. The lowest BCUT2D eigenvalue weighted by Gasteiger charge is -2.28. The summed E-state index contributed by atoms with van der Waals surface area (Å²) in [6.45, 7) is 5.82. The lowest BCUT2D eigenvalue weighted by molar-refractivity contribution is -0.140. The summed E-state index contributed by atoms with van der Waals surface area (Å²) in [5, 5.41) is 13.1. The van der Waals surface area contributed by atoms with Crippen LogP contribution in [0.5, 0.6) is 0 Å². The summed E-state index contributed by atoms with van der Waals surface area (Å²) in [7, 11) is 0. The Hall–Kier alpha value is -1.34. The van der Waals surface area contributed by atoms with Crippen molar-refractivity contribution in [1.82, 2.24) is 15.8 Å². The van der Waals surface area contributed by atoms with Crippen LogP contribution in [0.4, 0.5) is 4.79 Å². The third-order valence-corrected chi connectivity index (χ3v) is 2.49. The maximum atomic E-state index is 11.6. The maximum Gasteiger partial charge on any atom is 0.330 e. The molecule has 1 saturated heterocycles. The first-order valence-electron chi connectivity index (χ1n) is 5.63. The van der Waals surface area contributed by atoms with Crippen LogP contribution in [0.15, 0.2) is 0 Å². The Morgan fingerprint density at radius 1 is 1.29 bits per heavy atom. The number of amides is 2. The summed E-state index contributed by atoms with van der Waals surface area (Å²) in [4.78, 5) is 22.5. The Balaban J connectivity index is 2.38. The molecule has 7 heteroatoms. The van der Waals surface area contributed by atoms with Crippen molar-refractivity contribution in [2.75, 3.05) is 26.3 Å². The van der Waals surface area contributed by atoms with E-state index in [0.29, 0.717) is 26.3 Å². The van der Waals surface area contributed by atoms with Crippen LogP contribution in [0, 0.1) is 5.92 Å². The smallest absolute Gasteiger partial charge is 0.330 e. The minimum Gasteiger partial charge on any atom is -0.480 e. The number of urea groups is 1. The molecule has 1 atom stereocenters. The van der Waals surface area contributed by atoms with Crippen molar-refractivity contribution >= 4 is 12.0 Å². The number of rotatable bonds is 4. The molecule has 1 heterocycles. The van der Waals surface area contributed by atoms with Crippen molar-refractivity contribution in [3.8, 4) is 0 Å². The summed E-state index contributed by atoms with van der Waals surface area (Å²) < 4.78 is 5.13. The van der Waals surface area contributed by atoms with Crippen LogP contribution in [-0.4, -0.2) is 54.5 Å². The predicted octanol–water partition coefficient (Wildman–Crippen LogP) is -0.358. The Kier molecular flexibility index (Phi) is 5.17. The number of carbonyl (C=O) groups is 2. The van der Waals surface area contributed by atoms with Gasteiger partial charge in [0.05, 0.1) is 13.2 Å². The molecule has 1 fully saturated rings. The number of morpholine rings is 1. The molecule has 1 aliphatic heterocycles. The lowest BCUT2D eigenvalue weighted by Crippen LogP contribution is -2.55. The standard InChI is InChI=1S/C10H19N3O4/c1-7(2)8(9(14)15)11-10(16)12-13-3-5-17-6-4-13/h7-8H,3-6H2,1-2H3,(H,14,15)(H2,11,12,16)/t8-/m1/s1. The van der Waals surface area contributed by atoms with Crippen molar-refractivity contribution in [1.29, 1.82) is 0 Å². The lowest BCUT2D eigenvalue weighted by atomic mass is 10.1. The van der Waals surface area contributed by atoms with Gasteiger partial charge in [0.15, 0.2) is 0 Å². The normalized spacial score (nSPS) is 18.8. The number of aliphatic carboxylic acids is 1. The minimum absolute atomic E-state index is 0.164. The topological polar surface area (TPSA) is 90.9 Å². The van der Waals surface area contributed by atoms with Crippen LogP contribution in [0.3, 0.4) is 0 Å². The predicted molar refractivity (Wildman–Crippen MR) is 60.3 cm³/mol. The van der Waals surface area contributed by atoms with Crippen molar-refractivity contribution < 1.29 is 19.4 Å². The average molecular weight is 245 g/mol. The fourth-order valence-corrected chi connectivity index (χ4v) is 1.51. The van der Waals surface area contributed by atoms with E-state index in [9.17, 15) is 9.59 Å². The second-order valence-corrected chi connectivity index (χ2v) is 4.24. The van der Waals surface area contributed by atoms with Crippen molar-refractivity contribution in [2.45, 2.75) is 19.9 Å². The van der Waals surface area contributed by atoms with E-state index >= 15 is 0 Å². The maximum absolute atomic E-state index is 11.6. The molecule has 0 unspecified atom stereocenters. The Morgan fingerprint density at radius 2 is 1.88 bits per heavy atom. The van der Waals surface area contributed by atoms with E-state index in [1.165, 1.54) is 0 Å². The zero-order valence-corrected chi connectivity index (χ0v) is 10.1. The number of carboxylic acids is 1. The van der Waals surface area contributed by atoms with Crippen molar-refractivity contribution in [2.24, 2.45) is 5.92 Å². The second kappa shape index (κ2) is 6.41. The van der Waals surface area contributed by atoms with Gasteiger partial charge in [-0.3, -0.25) is 5.43 Å². The van der Waals surface area contributed by atoms with E-state index in [4.69, 9.17) is 9.84 Å². The summed E-state index contributed by atoms with van der Waals surface area (Å²) in [5.41, 5.74) is 2.60. The van der Waals surface area contributed by atoms with E-state index in [1.54, 1.807) is 18.9 Å². The van der Waals surface area contributed by atoms with Gasteiger partial charge < -0.3 is 15.2 Å². The molecular weight excluding hydrogens is 226 g/mol. The number of nitrogens with zero attached hydrogens (tertiary/aromatic N) is 1. The van der Waals surface area contributed by atoms with E-state index in [1.807, 2.05) is 0 Å². The largest absolute Gasteiger partial charge is 0.480 e. The monoisotopic (exact) mass is 245 g/mol. The van der Waals surface area contributed by atoms with Crippen molar-refractivity contribution in [3.05, 3.63) is 0 Å². The highest BCUT2D eigenvalue weighted by Gasteiger charge is 2.24. The Morgan fingerprint density at radius 3 is 2.35 bits per heavy atom. The van der Waals surface area contributed by atoms with Gasteiger partial charge >= 0.3 is 12.0 Å². The summed E-state index contributed by atoms with van der Waals surface area (Å²) in [6, 6.07) is -1.37. The highest BCUT2D eigenvalue weighted by molar-refractivity contribution is 5.82. The van der Waals surface area contributed by atoms with Crippen LogP contribution >= 0.6 is 0 Å². The van der Waals surface area contributed by atoms with Gasteiger partial charge in [0.25, 0.3) is 0 Å². The summed E-state index contributed by atoms with van der Waals surface area (Å²) in [5.74, 6) is -1.19. The molecule has 0 spiro atoms. The number of hydrogen-bond donors (Lipinski definition) is 3. The molecule has 0 aliphatic carbocycles. The van der Waals surface area contributed by atoms with Crippen LogP contribution < -0.4 is 10.7 Å². The van der Waals surface area contributed by atoms with Gasteiger partial charge in [-0.2, -0.15) is 0 Å². The highest BCUT2D eigenvalue weighted by Crippen LogP contribution is 2.01. The third kappa shape index (κ3) is 4.58. The first kappa shape index (κ1) is 13.7. The zero-order chi connectivity index (χ0) is 12.8. The second-order valence-electron chi connectivity index (χ2n) is 4.24. The van der Waals surface area contributed by atoms with Gasteiger partial charge in [-0.25, -0.2) is 14.6 Å². The molecule has 98 valence electrons. The van der Waals surface area contributed by atoms with Crippen LogP contribution in [-0.2, 0) is 9.53 Å². The summed E-state index contributed by atoms with van der Waals surface area (Å²) in [6.07, 6.45) is 0. The molecule has 0 aromatic rings. The molecule has 0 aromatic carbocycles. The van der Waals surface area contributed by atoms with E-state index in [-0.39, 0.29) is 5.92 Å². The first-order chi connectivity index (χ1) is 8.00. The van der Waals surface area contributed by atoms with Gasteiger partial charge in [-0.1, -0.05) is 13.8 Å². The SMILES string of the molecule is CC(C)[C@@H](NC(=O)NN1CCOCC1)C(=O)O. The zero-order valence-electron chi connectivity index (χ0n) is 10.1. The van der Waals surface area contributed by atoms with Gasteiger partial charge in [0, 0.05) is 13.1 Å². The van der Waals surface area contributed by atoms with Gasteiger partial charge in [0.1, 0.15) is 6.04 Å². The molecule has 0 saturated carbocycles. The van der Waals surface area contributed by atoms with Gasteiger partial charge in [0.2, 0.25) is 0 Å². The average Bonchev–Trinajstić information content (AvgIpc) is 2.26. The highest BCUT2D eigenvalue weighted by atomic mass is 16.5. The number of carbonyl (C=O) groups excluding carboxylic acids is 1. The van der Waals surface area contributed by atoms with E-state index < -0.39 is 18.0 Å². The van der Waals surface area contributed by atoms with Crippen LogP contribution in [0.25, 0.3) is 0 Å². The van der Waals surface area contributed by atoms with Crippen molar-refractivity contribution in [3.63, 3.8) is 0 Å². The number of hydrogen-bond acceptors (Lipinski definition) is 4. The van der Waals surface area contributed by atoms with Gasteiger partial charge in [-0.15, -0.1) is 0 Å². The molecule has 0 bridgehead atoms. The fourth-order valence-electron chi connectivity index (χ4n) is 1.51. The molecule has 0 radical (unpaired) electrons. The molecule has 2 amide bonds. The third-order valence-electron chi connectivity index (χ3n) is 2.49. The molecule has 1 rings (SSSR count).